The Kier molecular flexibility index (Phi) is 5.91. The second-order valence-corrected chi connectivity index (χ2v) is 7.56. The third-order valence-corrected chi connectivity index (χ3v) is 5.41. The molecule has 3 rings (SSSR count). The molecule has 8 heteroatoms. The number of hydrogen-bond donors (Lipinski definition) is 2. The summed E-state index contributed by atoms with van der Waals surface area (Å²) < 4.78 is 36.9. The van der Waals surface area contributed by atoms with Gasteiger partial charge in [-0.25, -0.2) is 17.9 Å². The van der Waals surface area contributed by atoms with Crippen LogP contribution >= 0.6 is 28.6 Å². The number of fused-ring (bicyclic) bond motifs is 1. The number of nitrogens with one attached hydrogen (secondary N) is 1. The minimum absolute atomic E-state index is 0. The van der Waals surface area contributed by atoms with Gasteiger partial charge in [0, 0.05) is 29.5 Å². The highest BCUT2D eigenvalue weighted by molar-refractivity contribution is 8.93. The zero-order valence-electron chi connectivity index (χ0n) is 12.6. The van der Waals surface area contributed by atoms with Crippen LogP contribution in [-0.2, 0) is 10.0 Å². The summed E-state index contributed by atoms with van der Waals surface area (Å²) in [4.78, 5) is 0.0478. The van der Waals surface area contributed by atoms with Gasteiger partial charge in [-0.2, -0.15) is 0 Å². The molecule has 0 spiro atoms. The average molecular weight is 436 g/mol. The van der Waals surface area contributed by atoms with Crippen LogP contribution in [0.4, 0.5) is 4.39 Å². The van der Waals surface area contributed by atoms with E-state index in [0.29, 0.717) is 30.0 Å². The fraction of sp³-hybridized carbons (Fsp3) is 0.250. The molecule has 1 aliphatic carbocycles. The molecule has 130 valence electrons. The summed E-state index contributed by atoms with van der Waals surface area (Å²) in [6, 6.07) is 6.30. The smallest absolute Gasteiger partial charge is 0.238 e. The van der Waals surface area contributed by atoms with Crippen LogP contribution in [0, 0.1) is 0 Å². The zero-order chi connectivity index (χ0) is 16.6. The maximum atomic E-state index is 14.2. The Morgan fingerprint density at radius 3 is 2.50 bits per heavy atom. The number of halogens is 3. The van der Waals surface area contributed by atoms with Crippen molar-refractivity contribution in [2.45, 2.75) is 23.7 Å². The van der Waals surface area contributed by atoms with Crippen molar-refractivity contribution < 1.29 is 12.8 Å². The van der Waals surface area contributed by atoms with Crippen LogP contribution in [0.1, 0.15) is 24.3 Å². The summed E-state index contributed by atoms with van der Waals surface area (Å²) in [5.41, 5.74) is 2.14. The van der Waals surface area contributed by atoms with E-state index in [2.05, 4.69) is 5.32 Å². The number of allylic oxidation sites excluding steroid dienone is 4. The fourth-order valence-corrected chi connectivity index (χ4v) is 3.79. The third kappa shape index (κ3) is 3.74. The predicted molar refractivity (Wildman–Crippen MR) is 98.3 cm³/mol. The Labute approximate surface area is 156 Å². The highest BCUT2D eigenvalue weighted by Gasteiger charge is 2.28. The number of hydrogen-bond acceptors (Lipinski definition) is 3. The molecule has 1 atom stereocenters. The molecule has 3 N–H and O–H groups in total. The first-order valence-corrected chi connectivity index (χ1v) is 9.10. The first-order chi connectivity index (χ1) is 10.9. The standard InChI is InChI=1S/C16H16ClFN2O2S.BrH/c17-14-5-6-15(18)12-7-8-20-9-13(16(12)14)10-1-3-11(4-2-10)23(19,21)22;/h1-4,7-8,13,20H,5-6,9H2,(H2,19,21,22);1H. The van der Waals surface area contributed by atoms with E-state index in [1.54, 1.807) is 24.4 Å². The Morgan fingerprint density at radius 2 is 1.88 bits per heavy atom. The van der Waals surface area contributed by atoms with Gasteiger partial charge >= 0.3 is 0 Å². The molecule has 1 aliphatic heterocycles. The van der Waals surface area contributed by atoms with Crippen LogP contribution in [0.5, 0.6) is 0 Å². The maximum absolute atomic E-state index is 14.2. The summed E-state index contributed by atoms with van der Waals surface area (Å²) in [6.45, 7) is 0.549. The number of sulfonamides is 1. The van der Waals surface area contributed by atoms with Crippen molar-refractivity contribution in [3.8, 4) is 0 Å². The van der Waals surface area contributed by atoms with E-state index >= 15 is 0 Å². The number of primary sulfonamides is 1. The quantitative estimate of drug-likeness (QED) is 0.745. The van der Waals surface area contributed by atoms with Gasteiger partial charge in [0.2, 0.25) is 10.0 Å². The molecule has 4 nitrogen and oxygen atoms in total. The average Bonchev–Trinajstić information content (AvgIpc) is 2.74. The molecule has 0 radical (unpaired) electrons. The number of rotatable bonds is 2. The molecule has 0 amide bonds. The van der Waals surface area contributed by atoms with Crippen molar-refractivity contribution in [1.82, 2.24) is 5.32 Å². The lowest BCUT2D eigenvalue weighted by Crippen LogP contribution is -2.19. The minimum Gasteiger partial charge on any atom is -0.390 e. The van der Waals surface area contributed by atoms with Crippen LogP contribution < -0.4 is 10.5 Å². The topological polar surface area (TPSA) is 72.2 Å². The molecule has 1 heterocycles. The van der Waals surface area contributed by atoms with Gasteiger partial charge in [0.15, 0.2) is 0 Å². The first-order valence-electron chi connectivity index (χ1n) is 7.18. The molecule has 1 unspecified atom stereocenters. The summed E-state index contributed by atoms with van der Waals surface area (Å²) in [6.07, 6.45) is 4.19. The van der Waals surface area contributed by atoms with Gasteiger partial charge in [-0.1, -0.05) is 23.7 Å². The molecule has 0 fully saturated rings. The number of benzene rings is 1. The van der Waals surface area contributed by atoms with Crippen LogP contribution in [0.3, 0.4) is 0 Å². The van der Waals surface area contributed by atoms with E-state index in [-0.39, 0.29) is 33.6 Å². The summed E-state index contributed by atoms with van der Waals surface area (Å²) in [7, 11) is -3.74. The lowest BCUT2D eigenvalue weighted by Gasteiger charge is -2.25. The van der Waals surface area contributed by atoms with Crippen LogP contribution in [0.2, 0.25) is 0 Å². The highest BCUT2D eigenvalue weighted by Crippen LogP contribution is 2.42. The lowest BCUT2D eigenvalue weighted by molar-refractivity contribution is 0.570. The molecule has 0 aromatic heterocycles. The van der Waals surface area contributed by atoms with Gasteiger partial charge in [-0.15, -0.1) is 17.0 Å². The monoisotopic (exact) mass is 434 g/mol. The van der Waals surface area contributed by atoms with Gasteiger partial charge < -0.3 is 5.32 Å². The molecular weight excluding hydrogens is 419 g/mol. The van der Waals surface area contributed by atoms with E-state index in [1.807, 2.05) is 0 Å². The Bertz CT molecular complexity index is 832. The summed E-state index contributed by atoms with van der Waals surface area (Å²) in [5.74, 6) is -0.330. The van der Waals surface area contributed by atoms with E-state index in [4.69, 9.17) is 16.7 Å². The second-order valence-electron chi connectivity index (χ2n) is 5.55. The van der Waals surface area contributed by atoms with Crippen molar-refractivity contribution in [3.05, 3.63) is 64.1 Å². The van der Waals surface area contributed by atoms with Gasteiger partial charge in [0.05, 0.1) is 4.90 Å². The van der Waals surface area contributed by atoms with E-state index in [0.717, 1.165) is 11.1 Å². The predicted octanol–water partition coefficient (Wildman–Crippen LogP) is 3.62. The normalized spacial score (nSPS) is 20.9. The van der Waals surface area contributed by atoms with E-state index in [9.17, 15) is 12.8 Å². The molecular formula is C16H17BrClFN2O2S. The first kappa shape index (κ1) is 19.2. The van der Waals surface area contributed by atoms with Crippen LogP contribution in [0.25, 0.3) is 0 Å². The highest BCUT2D eigenvalue weighted by atomic mass is 79.9. The Hall–Kier alpha value is -1.15. The van der Waals surface area contributed by atoms with Crippen molar-refractivity contribution in [2.24, 2.45) is 5.14 Å². The molecule has 2 aliphatic rings. The summed E-state index contributed by atoms with van der Waals surface area (Å²) in [5, 5.41) is 8.89. The molecule has 1 aromatic carbocycles. The van der Waals surface area contributed by atoms with Gasteiger partial charge in [0.1, 0.15) is 5.83 Å². The van der Waals surface area contributed by atoms with E-state index in [1.165, 1.54) is 12.1 Å². The van der Waals surface area contributed by atoms with Crippen LogP contribution in [0.15, 0.2) is 63.4 Å². The van der Waals surface area contributed by atoms with Gasteiger partial charge in [-0.3, -0.25) is 0 Å². The van der Waals surface area contributed by atoms with Gasteiger partial charge in [-0.05, 0) is 42.0 Å². The molecule has 24 heavy (non-hydrogen) atoms. The Balaban J connectivity index is 0.00000208. The van der Waals surface area contributed by atoms with Crippen molar-refractivity contribution in [1.29, 1.82) is 0 Å². The third-order valence-electron chi connectivity index (χ3n) is 4.09. The maximum Gasteiger partial charge on any atom is 0.238 e. The van der Waals surface area contributed by atoms with Crippen molar-refractivity contribution in [2.75, 3.05) is 6.54 Å². The van der Waals surface area contributed by atoms with Crippen molar-refractivity contribution in [3.63, 3.8) is 0 Å². The lowest BCUT2D eigenvalue weighted by atomic mass is 9.83. The van der Waals surface area contributed by atoms with Gasteiger partial charge in [0.25, 0.3) is 0 Å². The van der Waals surface area contributed by atoms with Crippen molar-refractivity contribution >= 4 is 38.6 Å². The second kappa shape index (κ2) is 7.39. The summed E-state index contributed by atoms with van der Waals surface area (Å²) >= 11 is 6.38. The Morgan fingerprint density at radius 1 is 1.21 bits per heavy atom. The SMILES string of the molecule is Br.NS(=O)(=O)c1ccc(C2CNC=CC3=C(F)CCC(Cl)=C32)cc1. The molecule has 0 saturated carbocycles. The molecule has 0 saturated heterocycles. The van der Waals surface area contributed by atoms with E-state index < -0.39 is 10.0 Å². The molecule has 0 bridgehead atoms. The largest absolute Gasteiger partial charge is 0.390 e. The fourth-order valence-electron chi connectivity index (χ4n) is 2.94. The zero-order valence-corrected chi connectivity index (χ0v) is 15.9. The molecule has 1 aromatic rings. The minimum atomic E-state index is -3.74. The van der Waals surface area contributed by atoms with Crippen LogP contribution in [-0.4, -0.2) is 15.0 Å². The number of nitrogens with two attached hydrogens (primary N) is 1.